The van der Waals surface area contributed by atoms with Gasteiger partial charge in [0.2, 0.25) is 5.91 Å². The number of nitrogens with one attached hydrogen (secondary N) is 3. The van der Waals surface area contributed by atoms with Gasteiger partial charge >= 0.3 is 0 Å². The first-order chi connectivity index (χ1) is 12.0. The highest BCUT2D eigenvalue weighted by Crippen LogP contribution is 2.20. The molecular formula is C19H39IN4O2. The molecule has 0 aromatic carbocycles. The average Bonchev–Trinajstić information content (AvgIpc) is 3.06. The van der Waals surface area contributed by atoms with Gasteiger partial charge in [0.05, 0.1) is 12.1 Å². The summed E-state index contributed by atoms with van der Waals surface area (Å²) in [4.78, 5) is 16.5. The third-order valence-corrected chi connectivity index (χ3v) is 4.67. The summed E-state index contributed by atoms with van der Waals surface area (Å²) in [5.74, 6) is 0.769. The van der Waals surface area contributed by atoms with Crippen LogP contribution in [0.4, 0.5) is 0 Å². The van der Waals surface area contributed by atoms with Gasteiger partial charge < -0.3 is 21.1 Å². The zero-order valence-electron chi connectivity index (χ0n) is 16.8. The first kappa shape index (κ1) is 25.4. The largest absolute Gasteiger partial charge is 0.388 e. The van der Waals surface area contributed by atoms with Crippen molar-refractivity contribution in [3.05, 3.63) is 0 Å². The molecule has 1 saturated carbocycles. The van der Waals surface area contributed by atoms with Crippen molar-refractivity contribution < 1.29 is 9.90 Å². The van der Waals surface area contributed by atoms with Gasteiger partial charge in [-0.25, -0.2) is 0 Å². The van der Waals surface area contributed by atoms with Crippen LogP contribution in [0.5, 0.6) is 0 Å². The molecule has 0 aromatic heterocycles. The van der Waals surface area contributed by atoms with Crippen LogP contribution in [0.2, 0.25) is 0 Å². The van der Waals surface area contributed by atoms with Crippen LogP contribution in [-0.2, 0) is 4.79 Å². The molecule has 26 heavy (non-hydrogen) atoms. The van der Waals surface area contributed by atoms with E-state index in [-0.39, 0.29) is 29.9 Å². The second-order valence-corrected chi connectivity index (χ2v) is 7.15. The van der Waals surface area contributed by atoms with E-state index in [9.17, 15) is 9.90 Å². The van der Waals surface area contributed by atoms with Crippen LogP contribution < -0.4 is 16.0 Å². The number of aliphatic imine (C=N–C) groups is 1. The molecule has 0 atom stereocenters. The quantitative estimate of drug-likeness (QED) is 0.207. The maximum Gasteiger partial charge on any atom is 0.221 e. The molecule has 1 aliphatic carbocycles. The lowest BCUT2D eigenvalue weighted by Crippen LogP contribution is -2.42. The van der Waals surface area contributed by atoms with Crippen molar-refractivity contribution in [2.45, 2.75) is 90.2 Å². The summed E-state index contributed by atoms with van der Waals surface area (Å²) in [6.45, 7) is 7.85. The van der Waals surface area contributed by atoms with Crippen molar-refractivity contribution in [2.24, 2.45) is 4.99 Å². The summed E-state index contributed by atoms with van der Waals surface area (Å²) in [6, 6.07) is 0.368. The lowest BCUT2D eigenvalue weighted by molar-refractivity contribution is -0.121. The number of amides is 1. The van der Waals surface area contributed by atoms with E-state index in [1.165, 1.54) is 12.8 Å². The molecule has 6 nitrogen and oxygen atoms in total. The van der Waals surface area contributed by atoms with Crippen molar-refractivity contribution in [2.75, 3.05) is 19.6 Å². The minimum atomic E-state index is -0.730. The SMILES string of the molecule is CCCC(O)(CCC)CN=C(NCC)NCCC(=O)NC1CCCC1.I. The van der Waals surface area contributed by atoms with Crippen LogP contribution in [0.15, 0.2) is 4.99 Å². The first-order valence-corrected chi connectivity index (χ1v) is 10.1. The van der Waals surface area contributed by atoms with Crippen LogP contribution in [-0.4, -0.2) is 48.3 Å². The van der Waals surface area contributed by atoms with Crippen molar-refractivity contribution in [1.29, 1.82) is 0 Å². The molecule has 0 aromatic rings. The molecule has 0 bridgehead atoms. The van der Waals surface area contributed by atoms with Gasteiger partial charge in [-0.1, -0.05) is 39.5 Å². The minimum Gasteiger partial charge on any atom is -0.388 e. The van der Waals surface area contributed by atoms with Crippen LogP contribution in [0.3, 0.4) is 0 Å². The molecule has 0 spiro atoms. The molecule has 0 radical (unpaired) electrons. The third-order valence-electron chi connectivity index (χ3n) is 4.67. The fraction of sp³-hybridized carbons (Fsp3) is 0.895. The van der Waals surface area contributed by atoms with Crippen LogP contribution in [0.25, 0.3) is 0 Å². The van der Waals surface area contributed by atoms with Crippen molar-refractivity contribution in [3.8, 4) is 0 Å². The number of guanidine groups is 1. The zero-order chi connectivity index (χ0) is 18.5. The van der Waals surface area contributed by atoms with Crippen LogP contribution in [0, 0.1) is 0 Å². The Labute approximate surface area is 176 Å². The van der Waals surface area contributed by atoms with Gasteiger partial charge in [0.1, 0.15) is 0 Å². The molecule has 1 aliphatic rings. The number of aliphatic hydroxyl groups is 1. The van der Waals surface area contributed by atoms with Gasteiger partial charge in [0, 0.05) is 25.6 Å². The average molecular weight is 482 g/mol. The number of hydrogen-bond acceptors (Lipinski definition) is 3. The Bertz CT molecular complexity index is 406. The summed E-state index contributed by atoms with van der Waals surface area (Å²) < 4.78 is 0. The Balaban J connectivity index is 0.00000625. The monoisotopic (exact) mass is 482 g/mol. The highest BCUT2D eigenvalue weighted by molar-refractivity contribution is 14.0. The Morgan fingerprint density at radius 3 is 2.27 bits per heavy atom. The van der Waals surface area contributed by atoms with Gasteiger partial charge in [-0.2, -0.15) is 0 Å². The van der Waals surface area contributed by atoms with E-state index < -0.39 is 5.60 Å². The molecule has 0 saturated heterocycles. The van der Waals surface area contributed by atoms with Crippen molar-refractivity contribution >= 4 is 35.8 Å². The number of carbonyl (C=O) groups is 1. The number of rotatable bonds is 11. The molecule has 0 heterocycles. The maximum absolute atomic E-state index is 12.0. The van der Waals surface area contributed by atoms with Gasteiger partial charge in [0.15, 0.2) is 5.96 Å². The predicted octanol–water partition coefficient (Wildman–Crippen LogP) is 2.94. The fourth-order valence-corrected chi connectivity index (χ4v) is 3.45. The Morgan fingerprint density at radius 1 is 1.12 bits per heavy atom. The highest BCUT2D eigenvalue weighted by atomic mass is 127. The summed E-state index contributed by atoms with van der Waals surface area (Å²) in [6.07, 6.45) is 8.50. The fourth-order valence-electron chi connectivity index (χ4n) is 3.45. The van der Waals surface area contributed by atoms with E-state index in [0.717, 1.165) is 45.1 Å². The molecule has 1 fully saturated rings. The highest BCUT2D eigenvalue weighted by Gasteiger charge is 2.24. The maximum atomic E-state index is 12.0. The summed E-state index contributed by atoms with van der Waals surface area (Å²) in [5.41, 5.74) is -0.730. The van der Waals surface area contributed by atoms with Crippen molar-refractivity contribution in [1.82, 2.24) is 16.0 Å². The summed E-state index contributed by atoms with van der Waals surface area (Å²) in [7, 11) is 0. The summed E-state index contributed by atoms with van der Waals surface area (Å²) in [5, 5.41) is 20.2. The second-order valence-electron chi connectivity index (χ2n) is 7.15. The second kappa shape index (κ2) is 14.5. The minimum absolute atomic E-state index is 0. The first-order valence-electron chi connectivity index (χ1n) is 10.1. The molecule has 1 rings (SSSR count). The molecular weight excluding hydrogens is 443 g/mol. The van der Waals surface area contributed by atoms with Crippen LogP contribution in [0.1, 0.15) is 78.6 Å². The van der Waals surface area contributed by atoms with Crippen molar-refractivity contribution in [3.63, 3.8) is 0 Å². The molecule has 7 heteroatoms. The number of hydrogen-bond donors (Lipinski definition) is 4. The lowest BCUT2D eigenvalue weighted by Gasteiger charge is -2.26. The molecule has 154 valence electrons. The Kier molecular flexibility index (Phi) is 14.2. The Hall–Kier alpha value is -0.570. The Morgan fingerprint density at radius 2 is 1.73 bits per heavy atom. The molecule has 4 N–H and O–H groups in total. The molecule has 0 unspecified atom stereocenters. The van der Waals surface area contributed by atoms with Crippen LogP contribution >= 0.6 is 24.0 Å². The van der Waals surface area contributed by atoms with E-state index in [2.05, 4.69) is 34.8 Å². The smallest absolute Gasteiger partial charge is 0.221 e. The van der Waals surface area contributed by atoms with Gasteiger partial charge in [-0.3, -0.25) is 9.79 Å². The predicted molar refractivity (Wildman–Crippen MR) is 119 cm³/mol. The topological polar surface area (TPSA) is 85.8 Å². The summed E-state index contributed by atoms with van der Waals surface area (Å²) >= 11 is 0. The zero-order valence-corrected chi connectivity index (χ0v) is 19.1. The number of carbonyl (C=O) groups excluding carboxylic acids is 1. The van der Waals surface area contributed by atoms with Gasteiger partial charge in [-0.05, 0) is 32.6 Å². The molecule has 0 aliphatic heterocycles. The van der Waals surface area contributed by atoms with E-state index in [4.69, 9.17) is 0 Å². The van der Waals surface area contributed by atoms with E-state index in [0.29, 0.717) is 31.5 Å². The number of halogens is 1. The third kappa shape index (κ3) is 10.5. The van der Waals surface area contributed by atoms with Gasteiger partial charge in [0.25, 0.3) is 0 Å². The molecule has 1 amide bonds. The van der Waals surface area contributed by atoms with E-state index >= 15 is 0 Å². The standard InChI is InChI=1S/C19H38N4O2.HI/c1-4-12-19(25,13-5-2)15-22-18(20-6-3)21-14-11-17(24)23-16-9-7-8-10-16;/h16,25H,4-15H2,1-3H3,(H,23,24)(H2,20,21,22);1H. The normalized spacial score (nSPS) is 15.5. The number of nitrogens with zero attached hydrogens (tertiary/aromatic N) is 1. The lowest BCUT2D eigenvalue weighted by atomic mass is 9.93. The van der Waals surface area contributed by atoms with Gasteiger partial charge in [-0.15, -0.1) is 24.0 Å². The van der Waals surface area contributed by atoms with E-state index in [1.807, 2.05) is 6.92 Å². The van der Waals surface area contributed by atoms with E-state index in [1.54, 1.807) is 0 Å².